The van der Waals surface area contributed by atoms with Gasteiger partial charge in [-0.25, -0.2) is 4.79 Å². The van der Waals surface area contributed by atoms with Gasteiger partial charge >= 0.3 is 5.97 Å². The summed E-state index contributed by atoms with van der Waals surface area (Å²) in [5.41, 5.74) is -0.803. The molecule has 5 nitrogen and oxygen atoms in total. The molecule has 100 valence electrons. The van der Waals surface area contributed by atoms with Crippen molar-refractivity contribution in [3.8, 4) is 5.75 Å². The molecular formula is C13H19NO4. The zero-order valence-corrected chi connectivity index (χ0v) is 10.8. The normalized spacial score (nSPS) is 15.8. The van der Waals surface area contributed by atoms with E-state index in [9.17, 15) is 9.90 Å². The van der Waals surface area contributed by atoms with Crippen LogP contribution in [0, 0.1) is 0 Å². The first-order chi connectivity index (χ1) is 8.36. The zero-order chi connectivity index (χ0) is 13.8. The van der Waals surface area contributed by atoms with E-state index in [4.69, 9.17) is 9.84 Å². The Morgan fingerprint density at radius 1 is 1.56 bits per heavy atom. The summed E-state index contributed by atoms with van der Waals surface area (Å²) in [5, 5.41) is 21.4. The van der Waals surface area contributed by atoms with E-state index in [1.807, 2.05) is 31.2 Å². The van der Waals surface area contributed by atoms with E-state index in [1.165, 1.54) is 6.92 Å². The topological polar surface area (TPSA) is 78.8 Å². The van der Waals surface area contributed by atoms with Crippen LogP contribution in [0.15, 0.2) is 24.3 Å². The standard InChI is InChI=1S/C13H19NO4/c1-9(14-8-13(2,17)12(15)16)10-5-4-6-11(7-10)18-3/h4-7,9,14,17H,8H2,1-3H3,(H,15,16)/t9-,13?/m1/s1. The third-order valence-corrected chi connectivity index (χ3v) is 2.81. The molecule has 0 heterocycles. The summed E-state index contributed by atoms with van der Waals surface area (Å²) in [6.45, 7) is 3.13. The molecule has 0 aliphatic carbocycles. The highest BCUT2D eigenvalue weighted by Crippen LogP contribution is 2.19. The van der Waals surface area contributed by atoms with Crippen molar-refractivity contribution in [1.82, 2.24) is 5.32 Å². The molecule has 0 saturated heterocycles. The summed E-state index contributed by atoms with van der Waals surface area (Å²) in [5.74, 6) is -0.501. The molecule has 1 aromatic rings. The van der Waals surface area contributed by atoms with Gasteiger partial charge in [0.2, 0.25) is 0 Å². The highest BCUT2D eigenvalue weighted by Gasteiger charge is 2.29. The van der Waals surface area contributed by atoms with E-state index in [1.54, 1.807) is 7.11 Å². The summed E-state index contributed by atoms with van der Waals surface area (Å²) in [4.78, 5) is 10.8. The van der Waals surface area contributed by atoms with E-state index < -0.39 is 11.6 Å². The Bertz CT molecular complexity index is 417. The number of nitrogens with one attached hydrogen (secondary N) is 1. The Balaban J connectivity index is 2.65. The maximum Gasteiger partial charge on any atom is 0.336 e. The fourth-order valence-corrected chi connectivity index (χ4v) is 1.46. The van der Waals surface area contributed by atoms with Gasteiger partial charge in [-0.15, -0.1) is 0 Å². The van der Waals surface area contributed by atoms with E-state index in [2.05, 4.69) is 5.32 Å². The average molecular weight is 253 g/mol. The highest BCUT2D eigenvalue weighted by molar-refractivity contribution is 5.76. The van der Waals surface area contributed by atoms with Crippen molar-refractivity contribution < 1.29 is 19.7 Å². The maximum absolute atomic E-state index is 10.8. The number of hydrogen-bond donors (Lipinski definition) is 3. The van der Waals surface area contributed by atoms with Crippen LogP contribution in [-0.4, -0.2) is 35.4 Å². The predicted octanol–water partition coefficient (Wildman–Crippen LogP) is 1.18. The van der Waals surface area contributed by atoms with E-state index in [0.717, 1.165) is 11.3 Å². The molecule has 3 N–H and O–H groups in total. The van der Waals surface area contributed by atoms with E-state index >= 15 is 0 Å². The Labute approximate surface area is 106 Å². The molecule has 1 aromatic carbocycles. The summed E-state index contributed by atoms with van der Waals surface area (Å²) >= 11 is 0. The Hall–Kier alpha value is -1.59. The number of aliphatic hydroxyl groups is 1. The van der Waals surface area contributed by atoms with Crippen molar-refractivity contribution >= 4 is 5.97 Å². The number of aliphatic carboxylic acids is 1. The first kappa shape index (κ1) is 14.5. The number of hydrogen-bond acceptors (Lipinski definition) is 4. The second kappa shape index (κ2) is 5.84. The highest BCUT2D eigenvalue weighted by atomic mass is 16.5. The van der Waals surface area contributed by atoms with Crippen molar-refractivity contribution in [2.75, 3.05) is 13.7 Å². The summed E-state index contributed by atoms with van der Waals surface area (Å²) in [6.07, 6.45) is 0. The average Bonchev–Trinajstić information content (AvgIpc) is 2.36. The quantitative estimate of drug-likeness (QED) is 0.709. The summed E-state index contributed by atoms with van der Waals surface area (Å²) < 4.78 is 5.12. The van der Waals surface area contributed by atoms with Gasteiger partial charge in [0.25, 0.3) is 0 Å². The molecule has 0 fully saturated rings. The maximum atomic E-state index is 10.8. The van der Waals surface area contributed by atoms with Gasteiger partial charge in [-0.2, -0.15) is 0 Å². The Morgan fingerprint density at radius 2 is 2.22 bits per heavy atom. The monoisotopic (exact) mass is 253 g/mol. The smallest absolute Gasteiger partial charge is 0.336 e. The molecule has 0 amide bonds. The number of ether oxygens (including phenoxy) is 1. The van der Waals surface area contributed by atoms with Crippen LogP contribution in [0.25, 0.3) is 0 Å². The molecule has 0 aliphatic heterocycles. The van der Waals surface area contributed by atoms with Crippen molar-refractivity contribution in [1.29, 1.82) is 0 Å². The molecule has 5 heteroatoms. The third-order valence-electron chi connectivity index (χ3n) is 2.81. The van der Waals surface area contributed by atoms with Crippen molar-refractivity contribution in [2.24, 2.45) is 0 Å². The zero-order valence-electron chi connectivity index (χ0n) is 10.8. The molecule has 0 saturated carbocycles. The lowest BCUT2D eigenvalue weighted by Gasteiger charge is -2.22. The number of carboxylic acid groups (broad SMARTS) is 1. The van der Waals surface area contributed by atoms with Crippen molar-refractivity contribution in [3.63, 3.8) is 0 Å². The van der Waals surface area contributed by atoms with E-state index in [-0.39, 0.29) is 12.6 Å². The number of carboxylic acids is 1. The molecular weight excluding hydrogens is 234 g/mol. The lowest BCUT2D eigenvalue weighted by molar-refractivity contribution is -0.156. The molecule has 0 spiro atoms. The van der Waals surface area contributed by atoms with Gasteiger partial charge in [0.15, 0.2) is 5.60 Å². The number of carbonyl (C=O) groups is 1. The fourth-order valence-electron chi connectivity index (χ4n) is 1.46. The largest absolute Gasteiger partial charge is 0.497 e. The van der Waals surface area contributed by atoms with Crippen LogP contribution < -0.4 is 10.1 Å². The van der Waals surface area contributed by atoms with Crippen LogP contribution in [0.2, 0.25) is 0 Å². The Kier molecular flexibility index (Phi) is 4.69. The SMILES string of the molecule is COc1cccc([C@@H](C)NCC(C)(O)C(=O)O)c1. The molecule has 2 atom stereocenters. The van der Waals surface area contributed by atoms with Crippen LogP contribution >= 0.6 is 0 Å². The lowest BCUT2D eigenvalue weighted by Crippen LogP contribution is -2.45. The Morgan fingerprint density at radius 3 is 2.78 bits per heavy atom. The lowest BCUT2D eigenvalue weighted by atomic mass is 10.0. The molecule has 18 heavy (non-hydrogen) atoms. The van der Waals surface area contributed by atoms with Gasteiger partial charge in [-0.05, 0) is 31.5 Å². The molecule has 0 aliphatic rings. The van der Waals surface area contributed by atoms with E-state index in [0.29, 0.717) is 0 Å². The third kappa shape index (κ3) is 3.72. The molecule has 0 aromatic heterocycles. The van der Waals surface area contributed by atoms with Crippen LogP contribution in [-0.2, 0) is 4.79 Å². The fraction of sp³-hybridized carbons (Fsp3) is 0.462. The van der Waals surface area contributed by atoms with Gasteiger partial charge in [-0.3, -0.25) is 0 Å². The van der Waals surface area contributed by atoms with Gasteiger partial charge in [0.05, 0.1) is 7.11 Å². The van der Waals surface area contributed by atoms with Gasteiger partial charge in [0, 0.05) is 12.6 Å². The number of methoxy groups -OCH3 is 1. The number of rotatable bonds is 6. The first-order valence-corrected chi connectivity index (χ1v) is 5.70. The minimum absolute atomic E-state index is 0.0271. The van der Waals surface area contributed by atoms with Gasteiger partial charge in [0.1, 0.15) is 5.75 Å². The number of benzene rings is 1. The summed E-state index contributed by atoms with van der Waals surface area (Å²) in [7, 11) is 1.59. The minimum Gasteiger partial charge on any atom is -0.497 e. The van der Waals surface area contributed by atoms with Crippen LogP contribution in [0.3, 0.4) is 0 Å². The minimum atomic E-state index is -1.77. The van der Waals surface area contributed by atoms with Gasteiger partial charge in [-0.1, -0.05) is 12.1 Å². The second-order valence-electron chi connectivity index (χ2n) is 4.46. The second-order valence-corrected chi connectivity index (χ2v) is 4.46. The van der Waals surface area contributed by atoms with Crippen LogP contribution in [0.1, 0.15) is 25.5 Å². The molecule has 0 bridgehead atoms. The first-order valence-electron chi connectivity index (χ1n) is 5.70. The summed E-state index contributed by atoms with van der Waals surface area (Å²) in [6, 6.07) is 7.40. The van der Waals surface area contributed by atoms with Crippen LogP contribution in [0.5, 0.6) is 5.75 Å². The molecule has 1 rings (SSSR count). The predicted molar refractivity (Wildman–Crippen MR) is 67.7 cm³/mol. The molecule has 1 unspecified atom stereocenters. The van der Waals surface area contributed by atoms with Gasteiger partial charge < -0.3 is 20.3 Å². The van der Waals surface area contributed by atoms with Crippen molar-refractivity contribution in [2.45, 2.75) is 25.5 Å². The van der Waals surface area contributed by atoms with Crippen LogP contribution in [0.4, 0.5) is 0 Å². The van der Waals surface area contributed by atoms with Crippen molar-refractivity contribution in [3.05, 3.63) is 29.8 Å². The molecule has 0 radical (unpaired) electrons.